The maximum absolute atomic E-state index is 12.7. The molecule has 0 spiro atoms. The first-order valence-electron chi connectivity index (χ1n) is 13.5. The number of amides is 1. The van der Waals surface area contributed by atoms with Crippen molar-refractivity contribution in [3.05, 3.63) is 95.6 Å². The molecule has 6 rings (SSSR count). The first-order chi connectivity index (χ1) is 20.2. The summed E-state index contributed by atoms with van der Waals surface area (Å²) in [5.74, 6) is -0.147. The number of nitrogens with one attached hydrogen (secondary N) is 1. The Bertz CT molecular complexity index is 2050. The van der Waals surface area contributed by atoms with E-state index >= 15 is 0 Å². The molecule has 1 amide bonds. The van der Waals surface area contributed by atoms with Crippen LogP contribution in [0.5, 0.6) is 0 Å². The number of hydrogen-bond acceptors (Lipinski definition) is 7. The minimum atomic E-state index is -4.38. The fourth-order valence-electron chi connectivity index (χ4n) is 4.79. The molecule has 42 heavy (non-hydrogen) atoms. The van der Waals surface area contributed by atoms with Crippen LogP contribution in [-0.2, 0) is 16.5 Å². The van der Waals surface area contributed by atoms with E-state index in [0.29, 0.717) is 32.0 Å². The number of rotatable bonds is 8. The van der Waals surface area contributed by atoms with Crippen LogP contribution in [0.15, 0.2) is 83.8 Å². The molecular weight excluding hydrogens is 587 g/mol. The summed E-state index contributed by atoms with van der Waals surface area (Å²) in [5, 5.41) is 4.47. The van der Waals surface area contributed by atoms with Gasteiger partial charge in [-0.15, -0.1) is 22.7 Å². The Hall–Kier alpha value is -3.96. The van der Waals surface area contributed by atoms with E-state index < -0.39 is 10.1 Å². The quantitative estimate of drug-likeness (QED) is 0.167. The number of carbonyl (C=O) groups is 1. The zero-order valence-electron chi connectivity index (χ0n) is 22.9. The van der Waals surface area contributed by atoms with Gasteiger partial charge in [-0.3, -0.25) is 9.35 Å². The van der Waals surface area contributed by atoms with Crippen LogP contribution in [0.2, 0.25) is 0 Å². The molecule has 212 valence electrons. The van der Waals surface area contributed by atoms with Crippen molar-refractivity contribution in [3.8, 4) is 21.1 Å². The predicted molar refractivity (Wildman–Crippen MR) is 171 cm³/mol. The SMILES string of the molecule is CCCCc1ccc(C(=O)Nc2ccc(-c3nc4ccc(-c5nc6ccc(C)c(S(=O)(=O)O)c6s5)cc4s3)cc2)cc1. The van der Waals surface area contributed by atoms with Crippen molar-refractivity contribution in [2.45, 2.75) is 38.0 Å². The Morgan fingerprint density at radius 3 is 2.24 bits per heavy atom. The predicted octanol–water partition coefficient (Wildman–Crippen LogP) is 8.39. The zero-order chi connectivity index (χ0) is 29.4. The van der Waals surface area contributed by atoms with Crippen molar-refractivity contribution in [1.29, 1.82) is 0 Å². The molecule has 2 N–H and O–H groups in total. The van der Waals surface area contributed by atoms with Crippen molar-refractivity contribution < 1.29 is 17.8 Å². The highest BCUT2D eigenvalue weighted by Gasteiger charge is 2.21. The average molecular weight is 614 g/mol. The highest BCUT2D eigenvalue weighted by molar-refractivity contribution is 7.86. The molecular formula is C32H27N3O4S3. The summed E-state index contributed by atoms with van der Waals surface area (Å²) in [5.41, 5.74) is 6.19. The largest absolute Gasteiger partial charge is 0.322 e. The Kier molecular flexibility index (Phi) is 7.63. The first kappa shape index (κ1) is 28.2. The van der Waals surface area contributed by atoms with Gasteiger partial charge in [-0.2, -0.15) is 8.42 Å². The van der Waals surface area contributed by atoms with Crippen LogP contribution in [0.3, 0.4) is 0 Å². The summed E-state index contributed by atoms with van der Waals surface area (Å²) in [6.45, 7) is 3.82. The third-order valence-corrected chi connectivity index (χ3v) is 10.4. The molecule has 10 heteroatoms. The number of anilines is 1. The van der Waals surface area contributed by atoms with E-state index in [9.17, 15) is 17.8 Å². The van der Waals surface area contributed by atoms with Gasteiger partial charge in [0.25, 0.3) is 16.0 Å². The molecule has 0 saturated heterocycles. The second kappa shape index (κ2) is 11.4. The lowest BCUT2D eigenvalue weighted by Crippen LogP contribution is -2.11. The molecule has 2 heterocycles. The molecule has 0 fully saturated rings. The maximum Gasteiger partial charge on any atom is 0.296 e. The number of benzene rings is 4. The summed E-state index contributed by atoms with van der Waals surface area (Å²) < 4.78 is 35.2. The van der Waals surface area contributed by atoms with Gasteiger partial charge in [0.15, 0.2) is 0 Å². The second-order valence-electron chi connectivity index (χ2n) is 10.1. The normalized spacial score (nSPS) is 11.8. The van der Waals surface area contributed by atoms with Crippen molar-refractivity contribution in [1.82, 2.24) is 9.97 Å². The van der Waals surface area contributed by atoms with E-state index in [2.05, 4.69) is 17.2 Å². The van der Waals surface area contributed by atoms with E-state index in [-0.39, 0.29) is 10.8 Å². The zero-order valence-corrected chi connectivity index (χ0v) is 25.4. The van der Waals surface area contributed by atoms with E-state index in [0.717, 1.165) is 45.6 Å². The molecule has 0 unspecified atom stereocenters. The van der Waals surface area contributed by atoms with Crippen LogP contribution in [0.1, 0.15) is 41.3 Å². The number of thiazole rings is 2. The Morgan fingerprint density at radius 2 is 1.52 bits per heavy atom. The van der Waals surface area contributed by atoms with Crippen molar-refractivity contribution in [2.24, 2.45) is 0 Å². The number of hydrogen-bond donors (Lipinski definition) is 2. The van der Waals surface area contributed by atoms with Crippen LogP contribution in [-0.4, -0.2) is 28.8 Å². The third kappa shape index (κ3) is 5.71. The third-order valence-electron chi connectivity index (χ3n) is 7.03. The van der Waals surface area contributed by atoms with E-state index in [1.807, 2.05) is 66.7 Å². The summed E-state index contributed by atoms with van der Waals surface area (Å²) in [4.78, 5) is 22.1. The summed E-state index contributed by atoms with van der Waals surface area (Å²) in [7, 11) is -4.38. The summed E-state index contributed by atoms with van der Waals surface area (Å²) in [6.07, 6.45) is 3.30. The van der Waals surface area contributed by atoms with Gasteiger partial charge in [0.2, 0.25) is 0 Å². The van der Waals surface area contributed by atoms with Gasteiger partial charge in [-0.25, -0.2) is 9.97 Å². The lowest BCUT2D eigenvalue weighted by Gasteiger charge is -2.07. The highest BCUT2D eigenvalue weighted by Crippen LogP contribution is 2.38. The monoisotopic (exact) mass is 613 g/mol. The van der Waals surface area contributed by atoms with Crippen LogP contribution in [0, 0.1) is 6.92 Å². The maximum atomic E-state index is 12.7. The fraction of sp³-hybridized carbons (Fsp3) is 0.156. The van der Waals surface area contributed by atoms with Crippen LogP contribution < -0.4 is 5.32 Å². The van der Waals surface area contributed by atoms with Crippen LogP contribution in [0.4, 0.5) is 5.69 Å². The molecule has 7 nitrogen and oxygen atoms in total. The number of fused-ring (bicyclic) bond motifs is 2. The number of nitrogens with zero attached hydrogens (tertiary/aromatic N) is 2. The van der Waals surface area contributed by atoms with Gasteiger partial charge >= 0.3 is 0 Å². The fourth-order valence-corrected chi connectivity index (χ4v) is 8.11. The Balaban J connectivity index is 1.21. The molecule has 0 radical (unpaired) electrons. The molecule has 0 aliphatic heterocycles. The molecule has 6 aromatic rings. The molecule has 0 atom stereocenters. The van der Waals surface area contributed by atoms with E-state index in [1.54, 1.807) is 30.4 Å². The first-order valence-corrected chi connectivity index (χ1v) is 16.6. The smallest absolute Gasteiger partial charge is 0.296 e. The lowest BCUT2D eigenvalue weighted by molar-refractivity contribution is 0.102. The minimum Gasteiger partial charge on any atom is -0.322 e. The van der Waals surface area contributed by atoms with Crippen LogP contribution >= 0.6 is 22.7 Å². The molecule has 0 aliphatic carbocycles. The molecule has 0 aliphatic rings. The van der Waals surface area contributed by atoms with E-state index in [1.165, 1.54) is 16.9 Å². The molecule has 2 aromatic heterocycles. The molecule has 0 bridgehead atoms. The molecule has 4 aromatic carbocycles. The van der Waals surface area contributed by atoms with Gasteiger partial charge in [0.05, 0.1) is 20.4 Å². The second-order valence-corrected chi connectivity index (χ2v) is 13.5. The van der Waals surface area contributed by atoms with E-state index in [4.69, 9.17) is 4.98 Å². The average Bonchev–Trinajstić information content (AvgIpc) is 3.60. The Labute approximate surface area is 251 Å². The van der Waals surface area contributed by atoms with Crippen LogP contribution in [0.25, 0.3) is 41.6 Å². The van der Waals surface area contributed by atoms with Crippen molar-refractivity contribution in [2.75, 3.05) is 5.32 Å². The van der Waals surface area contributed by atoms with Gasteiger partial charge < -0.3 is 5.32 Å². The summed E-state index contributed by atoms with van der Waals surface area (Å²) >= 11 is 2.78. The number of aryl methyl sites for hydroxylation is 2. The van der Waals surface area contributed by atoms with Gasteiger partial charge in [-0.05, 0) is 91.6 Å². The summed E-state index contributed by atoms with van der Waals surface area (Å²) in [6, 6.07) is 24.6. The van der Waals surface area contributed by atoms with Gasteiger partial charge in [-0.1, -0.05) is 31.5 Å². The van der Waals surface area contributed by atoms with Gasteiger partial charge in [0, 0.05) is 22.4 Å². The van der Waals surface area contributed by atoms with Crippen molar-refractivity contribution >= 4 is 64.8 Å². The minimum absolute atomic E-state index is 0.0927. The molecule has 0 saturated carbocycles. The Morgan fingerprint density at radius 1 is 0.857 bits per heavy atom. The standard InChI is InChI=1S/C32H27N3O4S3/c1-3-4-5-20-7-9-21(10-8-20)30(36)33-24-14-11-22(12-15-24)31-34-25-17-13-23(18-27(25)40-31)32-35-26-16-6-19(2)29(28(26)41-32)42(37,38)39/h6-18H,3-5H2,1-2H3,(H,33,36)(H,37,38,39). The topological polar surface area (TPSA) is 109 Å². The van der Waals surface area contributed by atoms with Gasteiger partial charge in [0.1, 0.15) is 14.9 Å². The number of aromatic nitrogens is 2. The lowest BCUT2D eigenvalue weighted by atomic mass is 10.1. The van der Waals surface area contributed by atoms with Crippen molar-refractivity contribution in [3.63, 3.8) is 0 Å². The number of carbonyl (C=O) groups excluding carboxylic acids is 1. The highest BCUT2D eigenvalue weighted by atomic mass is 32.2. The number of unbranched alkanes of at least 4 members (excludes halogenated alkanes) is 1.